The van der Waals surface area contributed by atoms with Gasteiger partial charge in [0, 0.05) is 0 Å². The summed E-state index contributed by atoms with van der Waals surface area (Å²) in [6, 6.07) is 13.4. The number of hydrogen-bond donors (Lipinski definition) is 0. The highest BCUT2D eigenvalue weighted by Gasteiger charge is 2.19. The van der Waals surface area contributed by atoms with Gasteiger partial charge in [0.15, 0.2) is 0 Å². The van der Waals surface area contributed by atoms with E-state index in [0.29, 0.717) is 16.8 Å². The fourth-order valence-corrected chi connectivity index (χ4v) is 3.28. The molecule has 3 rings (SSSR count). The van der Waals surface area contributed by atoms with Crippen molar-refractivity contribution in [2.24, 2.45) is 0 Å². The van der Waals surface area contributed by atoms with E-state index < -0.39 is 10.0 Å². The molecular weight excluding hydrogens is 312 g/mol. The maximum absolute atomic E-state index is 12.6. The smallest absolute Gasteiger partial charge is 0.269 e. The van der Waals surface area contributed by atoms with E-state index in [4.69, 9.17) is 4.74 Å². The van der Waals surface area contributed by atoms with Gasteiger partial charge in [-0.25, -0.2) is 17.4 Å². The molecule has 3 aromatic rings. The molecule has 0 saturated carbocycles. The summed E-state index contributed by atoms with van der Waals surface area (Å²) in [5, 5.41) is 0. The van der Waals surface area contributed by atoms with Gasteiger partial charge in [-0.1, -0.05) is 12.1 Å². The Hall–Kier alpha value is -2.05. The summed E-state index contributed by atoms with van der Waals surface area (Å²) in [5.74, 6) is 0.611. The molecule has 0 fully saturated rings. The molecule has 1 aromatic heterocycles. The molecule has 110 valence electrons. The average molecular weight is 324 g/mol. The van der Waals surface area contributed by atoms with Gasteiger partial charge in [0.1, 0.15) is 12.1 Å². The summed E-state index contributed by atoms with van der Waals surface area (Å²) < 4.78 is 31.4. The van der Waals surface area contributed by atoms with Crippen molar-refractivity contribution >= 4 is 21.1 Å². The normalized spacial score (nSPS) is 11.1. The first-order chi connectivity index (χ1) is 9.63. The number of halogens is 1. The fourth-order valence-electron chi connectivity index (χ4n) is 1.99. The molecule has 0 N–H and O–H groups in total. The minimum absolute atomic E-state index is 0. The Morgan fingerprint density at radius 3 is 2.38 bits per heavy atom. The Bertz CT molecular complexity index is 857. The third kappa shape index (κ3) is 2.59. The first-order valence-corrected chi connectivity index (χ1v) is 7.38. The average Bonchev–Trinajstić information content (AvgIpc) is 2.92. The summed E-state index contributed by atoms with van der Waals surface area (Å²) in [6.45, 7) is 0. The van der Waals surface area contributed by atoms with Gasteiger partial charge in [0.2, 0.25) is 0 Å². The molecule has 0 aliphatic rings. The van der Waals surface area contributed by atoms with E-state index >= 15 is 0 Å². The van der Waals surface area contributed by atoms with Gasteiger partial charge in [-0.05, 0) is 36.4 Å². The molecule has 0 unspecified atom stereocenters. The Morgan fingerprint density at radius 1 is 1.05 bits per heavy atom. The lowest BCUT2D eigenvalue weighted by Crippen LogP contribution is -3.00. The van der Waals surface area contributed by atoms with Crippen LogP contribution in [0.3, 0.4) is 0 Å². The minimum Gasteiger partial charge on any atom is -1.00 e. The van der Waals surface area contributed by atoms with E-state index in [2.05, 4.69) is 4.98 Å². The number of fused-ring (bicyclic) bond motifs is 1. The van der Waals surface area contributed by atoms with Crippen LogP contribution >= 0.6 is 0 Å². The number of imidazole rings is 1. The number of nitrogens with zero attached hydrogens (tertiary/aromatic N) is 2. The molecule has 0 atom stereocenters. The minimum atomic E-state index is -3.65. The Morgan fingerprint density at radius 2 is 1.71 bits per heavy atom. The van der Waals surface area contributed by atoms with Gasteiger partial charge in [-0.15, -0.1) is 0 Å². The van der Waals surface area contributed by atoms with Crippen LogP contribution in [0.25, 0.3) is 11.0 Å². The molecule has 5 nitrogen and oxygen atoms in total. The predicted molar refractivity (Wildman–Crippen MR) is 75.3 cm³/mol. The van der Waals surface area contributed by atoms with E-state index in [9.17, 15) is 8.42 Å². The molecule has 2 aromatic carbocycles. The van der Waals surface area contributed by atoms with E-state index in [1.54, 1.807) is 30.3 Å². The highest BCUT2D eigenvalue weighted by Crippen LogP contribution is 2.21. The van der Waals surface area contributed by atoms with Crippen molar-refractivity contribution in [3.63, 3.8) is 0 Å². The highest BCUT2D eigenvalue weighted by molar-refractivity contribution is 7.90. The number of benzene rings is 2. The first kappa shape index (κ1) is 15.3. The zero-order valence-electron chi connectivity index (χ0n) is 11.1. The predicted octanol–water partition coefficient (Wildman–Crippen LogP) is -0.714. The summed E-state index contributed by atoms with van der Waals surface area (Å²) in [6.07, 6.45) is 1.32. The third-order valence-electron chi connectivity index (χ3n) is 3.04. The molecular formula is C14H12ClN2O3S-. The summed E-state index contributed by atoms with van der Waals surface area (Å²) >= 11 is 0. The van der Waals surface area contributed by atoms with Gasteiger partial charge in [0.25, 0.3) is 10.0 Å². The zero-order valence-corrected chi connectivity index (χ0v) is 12.7. The Labute approximate surface area is 128 Å². The fraction of sp³-hybridized carbons (Fsp3) is 0.0714. The zero-order chi connectivity index (χ0) is 14.2. The van der Waals surface area contributed by atoms with Crippen molar-refractivity contribution in [1.29, 1.82) is 0 Å². The molecule has 0 bridgehead atoms. The van der Waals surface area contributed by atoms with Crippen LogP contribution in [-0.2, 0) is 10.0 Å². The van der Waals surface area contributed by atoms with Gasteiger partial charge in [0.05, 0.1) is 23.0 Å². The number of hydrogen-bond acceptors (Lipinski definition) is 4. The van der Waals surface area contributed by atoms with Crippen LogP contribution in [0.1, 0.15) is 0 Å². The van der Waals surface area contributed by atoms with Crippen LogP contribution in [0.5, 0.6) is 5.75 Å². The Balaban J connectivity index is 0.00000161. The largest absolute Gasteiger partial charge is 1.00 e. The van der Waals surface area contributed by atoms with Crippen LogP contribution in [-0.4, -0.2) is 24.5 Å². The van der Waals surface area contributed by atoms with Crippen molar-refractivity contribution < 1.29 is 25.6 Å². The number of methoxy groups -OCH3 is 1. The molecule has 0 amide bonds. The van der Waals surface area contributed by atoms with Gasteiger partial charge >= 0.3 is 0 Å². The third-order valence-corrected chi connectivity index (χ3v) is 4.71. The first-order valence-electron chi connectivity index (χ1n) is 5.94. The van der Waals surface area contributed by atoms with Crippen LogP contribution < -0.4 is 17.1 Å². The van der Waals surface area contributed by atoms with Crippen LogP contribution in [0.15, 0.2) is 59.8 Å². The van der Waals surface area contributed by atoms with Crippen molar-refractivity contribution in [1.82, 2.24) is 8.96 Å². The monoisotopic (exact) mass is 323 g/mol. The van der Waals surface area contributed by atoms with Crippen molar-refractivity contribution in [2.75, 3.05) is 7.11 Å². The van der Waals surface area contributed by atoms with Gasteiger partial charge < -0.3 is 17.1 Å². The number of para-hydroxylation sites is 2. The van der Waals surface area contributed by atoms with Crippen molar-refractivity contribution in [3.8, 4) is 5.75 Å². The van der Waals surface area contributed by atoms with Crippen molar-refractivity contribution in [3.05, 3.63) is 54.9 Å². The molecule has 0 radical (unpaired) electrons. The second kappa shape index (κ2) is 5.75. The molecule has 0 saturated heterocycles. The number of ether oxygens (including phenoxy) is 1. The quantitative estimate of drug-likeness (QED) is 0.638. The molecule has 0 spiro atoms. The summed E-state index contributed by atoms with van der Waals surface area (Å²) in [5.41, 5.74) is 1.20. The highest BCUT2D eigenvalue weighted by atomic mass is 35.5. The summed E-state index contributed by atoms with van der Waals surface area (Å²) in [4.78, 5) is 4.30. The number of aromatic nitrogens is 2. The van der Waals surface area contributed by atoms with E-state index in [0.717, 1.165) is 0 Å². The van der Waals surface area contributed by atoms with E-state index in [1.165, 1.54) is 29.5 Å². The second-order valence-corrected chi connectivity index (χ2v) is 6.02. The molecule has 1 heterocycles. The molecule has 21 heavy (non-hydrogen) atoms. The van der Waals surface area contributed by atoms with Crippen LogP contribution in [0.2, 0.25) is 0 Å². The molecule has 0 aliphatic heterocycles. The van der Waals surface area contributed by atoms with E-state index in [-0.39, 0.29) is 17.3 Å². The maximum Gasteiger partial charge on any atom is 0.269 e. The maximum atomic E-state index is 12.6. The van der Waals surface area contributed by atoms with Crippen molar-refractivity contribution in [2.45, 2.75) is 4.90 Å². The topological polar surface area (TPSA) is 61.2 Å². The lowest BCUT2D eigenvalue weighted by atomic mass is 10.3. The van der Waals surface area contributed by atoms with Crippen LogP contribution in [0.4, 0.5) is 0 Å². The van der Waals surface area contributed by atoms with Gasteiger partial charge in [-0.3, -0.25) is 0 Å². The standard InChI is InChI=1S/C14H12N2O3S.ClH/c1-19-11-6-8-12(9-7-11)20(17,18)16-10-15-13-4-2-3-5-14(13)16;/h2-10H,1H3;1H/p-1. The lowest BCUT2D eigenvalue weighted by Gasteiger charge is -2.07. The van der Waals surface area contributed by atoms with Gasteiger partial charge in [-0.2, -0.15) is 0 Å². The molecule has 7 heteroatoms. The lowest BCUT2D eigenvalue weighted by molar-refractivity contribution is -0.00000686. The Kier molecular flexibility index (Phi) is 4.20. The summed E-state index contributed by atoms with van der Waals surface area (Å²) in [7, 11) is -2.11. The SMILES string of the molecule is COc1ccc(S(=O)(=O)n2cnc3ccccc32)cc1.[Cl-]. The molecule has 0 aliphatic carbocycles. The van der Waals surface area contributed by atoms with E-state index in [1.807, 2.05) is 6.07 Å². The van der Waals surface area contributed by atoms with Crippen LogP contribution in [0, 0.1) is 0 Å². The number of rotatable bonds is 3. The second-order valence-electron chi connectivity index (χ2n) is 4.21.